The fourth-order valence-electron chi connectivity index (χ4n) is 2.96. The molecule has 3 aromatic rings. The highest BCUT2D eigenvalue weighted by molar-refractivity contribution is 7.99. The number of thioether (sulfide) groups is 1. The van der Waals surface area contributed by atoms with E-state index in [9.17, 15) is 13.2 Å². The third-order valence-corrected chi connectivity index (χ3v) is 7.19. The molecule has 1 amide bonds. The molecule has 1 aliphatic heterocycles. The van der Waals surface area contributed by atoms with Crippen LogP contribution in [0.3, 0.4) is 0 Å². The average Bonchev–Trinajstić information content (AvgIpc) is 3.28. The molecule has 0 aliphatic carbocycles. The van der Waals surface area contributed by atoms with E-state index in [2.05, 4.69) is 15.5 Å². The molecule has 0 unspecified atom stereocenters. The van der Waals surface area contributed by atoms with Crippen molar-refractivity contribution >= 4 is 33.4 Å². The molecule has 0 spiro atoms. The number of rotatable bonds is 7. The van der Waals surface area contributed by atoms with E-state index in [1.54, 1.807) is 12.1 Å². The Labute approximate surface area is 183 Å². The van der Waals surface area contributed by atoms with Crippen LogP contribution in [0.25, 0.3) is 11.5 Å². The van der Waals surface area contributed by atoms with E-state index in [1.807, 2.05) is 30.3 Å². The van der Waals surface area contributed by atoms with Crippen LogP contribution in [0, 0.1) is 0 Å². The first kappa shape index (κ1) is 21.5. The summed E-state index contributed by atoms with van der Waals surface area (Å²) < 4.78 is 37.7. The third-order valence-electron chi connectivity index (χ3n) is 4.48. The fraction of sp³-hybridized carbons (Fsp3) is 0.250. The van der Waals surface area contributed by atoms with Crippen LogP contribution in [0.2, 0.25) is 0 Å². The molecule has 2 heterocycles. The van der Waals surface area contributed by atoms with Crippen molar-refractivity contribution in [3.8, 4) is 11.5 Å². The van der Waals surface area contributed by atoms with Crippen LogP contribution >= 0.6 is 11.8 Å². The molecule has 1 saturated heterocycles. The van der Waals surface area contributed by atoms with Gasteiger partial charge in [0.25, 0.3) is 5.22 Å². The SMILES string of the molecule is O=C(CSc1nnc(-c2ccccc2)o1)Nc1cccc(S(=O)(=O)N2CCOCC2)c1. The van der Waals surface area contributed by atoms with Gasteiger partial charge in [-0.2, -0.15) is 4.31 Å². The molecule has 31 heavy (non-hydrogen) atoms. The Balaban J connectivity index is 1.36. The van der Waals surface area contributed by atoms with Crippen LogP contribution in [0.4, 0.5) is 5.69 Å². The van der Waals surface area contributed by atoms with Crippen molar-refractivity contribution in [2.45, 2.75) is 10.1 Å². The number of carbonyl (C=O) groups excluding carboxylic acids is 1. The molecule has 9 nitrogen and oxygen atoms in total. The summed E-state index contributed by atoms with van der Waals surface area (Å²) in [6.45, 7) is 1.36. The second kappa shape index (κ2) is 9.60. The molecule has 0 bridgehead atoms. The largest absolute Gasteiger partial charge is 0.411 e. The molecule has 0 saturated carbocycles. The van der Waals surface area contributed by atoms with Gasteiger partial charge in [-0.3, -0.25) is 4.79 Å². The van der Waals surface area contributed by atoms with Gasteiger partial charge < -0.3 is 14.5 Å². The summed E-state index contributed by atoms with van der Waals surface area (Å²) in [6, 6.07) is 15.5. The van der Waals surface area contributed by atoms with Crippen LogP contribution in [-0.2, 0) is 19.6 Å². The number of aromatic nitrogens is 2. The third kappa shape index (κ3) is 5.31. The van der Waals surface area contributed by atoms with Gasteiger partial charge in [0, 0.05) is 24.3 Å². The van der Waals surface area contributed by atoms with E-state index in [4.69, 9.17) is 9.15 Å². The van der Waals surface area contributed by atoms with Gasteiger partial charge in [-0.1, -0.05) is 36.0 Å². The summed E-state index contributed by atoms with van der Waals surface area (Å²) in [5.74, 6) is 0.103. The monoisotopic (exact) mass is 460 g/mol. The van der Waals surface area contributed by atoms with Crippen LogP contribution in [0.1, 0.15) is 0 Å². The minimum Gasteiger partial charge on any atom is -0.411 e. The van der Waals surface area contributed by atoms with Gasteiger partial charge in [0.15, 0.2) is 0 Å². The number of carbonyl (C=O) groups is 1. The number of hydrogen-bond acceptors (Lipinski definition) is 8. The normalized spacial score (nSPS) is 15.0. The van der Waals surface area contributed by atoms with Gasteiger partial charge in [0.2, 0.25) is 21.8 Å². The van der Waals surface area contributed by atoms with Crippen molar-refractivity contribution in [3.05, 3.63) is 54.6 Å². The standard InChI is InChI=1S/C20H20N4O5S2/c25-18(14-30-20-23-22-19(29-20)15-5-2-1-3-6-15)21-16-7-4-8-17(13-16)31(26,27)24-9-11-28-12-10-24/h1-8,13H,9-12,14H2,(H,21,25). The Kier molecular flexibility index (Phi) is 6.66. The molecule has 4 rings (SSSR count). The zero-order valence-electron chi connectivity index (χ0n) is 16.4. The molecular formula is C20H20N4O5S2. The van der Waals surface area contributed by atoms with E-state index < -0.39 is 10.0 Å². The Morgan fingerprint density at radius 3 is 2.61 bits per heavy atom. The first-order valence-electron chi connectivity index (χ1n) is 9.52. The van der Waals surface area contributed by atoms with Gasteiger partial charge in [-0.05, 0) is 30.3 Å². The zero-order chi connectivity index (χ0) is 21.7. The summed E-state index contributed by atoms with van der Waals surface area (Å²) in [4.78, 5) is 12.5. The number of ether oxygens (including phenoxy) is 1. The van der Waals surface area contributed by atoms with E-state index in [1.165, 1.54) is 16.4 Å². The molecule has 162 valence electrons. The number of nitrogens with zero attached hydrogens (tertiary/aromatic N) is 3. The molecule has 1 fully saturated rings. The molecule has 0 radical (unpaired) electrons. The fourth-order valence-corrected chi connectivity index (χ4v) is 4.98. The number of nitrogens with one attached hydrogen (secondary N) is 1. The van der Waals surface area contributed by atoms with Gasteiger partial charge in [-0.25, -0.2) is 8.42 Å². The quantitative estimate of drug-likeness (QED) is 0.535. The van der Waals surface area contributed by atoms with Gasteiger partial charge in [0.1, 0.15) is 0 Å². The highest BCUT2D eigenvalue weighted by Gasteiger charge is 2.26. The maximum atomic E-state index is 12.8. The van der Waals surface area contributed by atoms with Crippen molar-refractivity contribution in [2.24, 2.45) is 0 Å². The first-order chi connectivity index (χ1) is 15.0. The van der Waals surface area contributed by atoms with E-state index in [0.717, 1.165) is 17.3 Å². The van der Waals surface area contributed by atoms with Gasteiger partial charge in [-0.15, -0.1) is 10.2 Å². The average molecular weight is 461 g/mol. The van der Waals surface area contributed by atoms with Crippen LogP contribution in [0.15, 0.2) is 69.1 Å². The molecular weight excluding hydrogens is 440 g/mol. The van der Waals surface area contributed by atoms with E-state index >= 15 is 0 Å². The first-order valence-corrected chi connectivity index (χ1v) is 11.9. The van der Waals surface area contributed by atoms with Crippen molar-refractivity contribution in [3.63, 3.8) is 0 Å². The number of benzene rings is 2. The molecule has 0 atom stereocenters. The summed E-state index contributed by atoms with van der Waals surface area (Å²) in [5, 5.41) is 10.9. The molecule has 1 N–H and O–H groups in total. The smallest absolute Gasteiger partial charge is 0.277 e. The second-order valence-corrected chi connectivity index (χ2v) is 9.48. The maximum absolute atomic E-state index is 12.8. The topological polar surface area (TPSA) is 115 Å². The van der Waals surface area contributed by atoms with E-state index in [-0.39, 0.29) is 21.8 Å². The number of sulfonamides is 1. The lowest BCUT2D eigenvalue weighted by molar-refractivity contribution is -0.113. The van der Waals surface area contributed by atoms with Gasteiger partial charge >= 0.3 is 0 Å². The maximum Gasteiger partial charge on any atom is 0.277 e. The summed E-state index contributed by atoms with van der Waals surface area (Å²) in [5.41, 5.74) is 1.19. The number of anilines is 1. The van der Waals surface area contributed by atoms with E-state index in [0.29, 0.717) is 37.9 Å². The summed E-state index contributed by atoms with van der Waals surface area (Å²) in [7, 11) is -3.64. The number of amides is 1. The Morgan fingerprint density at radius 1 is 1.06 bits per heavy atom. The Hall–Kier alpha value is -2.73. The summed E-state index contributed by atoms with van der Waals surface area (Å²) >= 11 is 1.10. The minimum absolute atomic E-state index is 0.0386. The van der Waals surface area contributed by atoms with Crippen LogP contribution in [0.5, 0.6) is 0 Å². The zero-order valence-corrected chi connectivity index (χ0v) is 18.1. The lowest BCUT2D eigenvalue weighted by atomic mass is 10.2. The molecule has 1 aromatic heterocycles. The highest BCUT2D eigenvalue weighted by atomic mass is 32.2. The van der Waals surface area contributed by atoms with Crippen molar-refractivity contribution in [2.75, 3.05) is 37.4 Å². The number of hydrogen-bond donors (Lipinski definition) is 1. The molecule has 11 heteroatoms. The van der Waals surface area contributed by atoms with Crippen molar-refractivity contribution in [1.29, 1.82) is 0 Å². The van der Waals surface area contributed by atoms with Crippen LogP contribution < -0.4 is 5.32 Å². The van der Waals surface area contributed by atoms with Gasteiger partial charge in [0.05, 0.1) is 23.9 Å². The molecule has 2 aromatic carbocycles. The minimum atomic E-state index is -3.64. The highest BCUT2D eigenvalue weighted by Crippen LogP contribution is 2.24. The predicted molar refractivity (Wildman–Crippen MR) is 115 cm³/mol. The Morgan fingerprint density at radius 2 is 1.84 bits per heavy atom. The predicted octanol–water partition coefficient (Wildman–Crippen LogP) is 2.49. The Bertz CT molecular complexity index is 1150. The lowest BCUT2D eigenvalue weighted by Crippen LogP contribution is -2.40. The second-order valence-electron chi connectivity index (χ2n) is 6.62. The van der Waals surface area contributed by atoms with Crippen molar-refractivity contribution < 1.29 is 22.4 Å². The number of morpholine rings is 1. The lowest BCUT2D eigenvalue weighted by Gasteiger charge is -2.26. The molecule has 1 aliphatic rings. The summed E-state index contributed by atoms with van der Waals surface area (Å²) in [6.07, 6.45) is 0. The van der Waals surface area contributed by atoms with Crippen LogP contribution in [-0.4, -0.2) is 60.9 Å². The van der Waals surface area contributed by atoms with Crippen molar-refractivity contribution in [1.82, 2.24) is 14.5 Å².